The van der Waals surface area contributed by atoms with Gasteiger partial charge < -0.3 is 14.8 Å². The number of aromatic nitrogens is 2. The largest absolute Gasteiger partial charge is 0.353 e. The fourth-order valence-electron chi connectivity index (χ4n) is 1.68. The van der Waals surface area contributed by atoms with Crippen molar-refractivity contribution in [2.24, 2.45) is 0 Å². The second-order valence-corrected chi connectivity index (χ2v) is 4.27. The van der Waals surface area contributed by atoms with E-state index in [0.717, 1.165) is 32.1 Å². The summed E-state index contributed by atoms with van der Waals surface area (Å²) in [6.45, 7) is 12.9. The van der Waals surface area contributed by atoms with Crippen LogP contribution in [0.15, 0.2) is 12.4 Å². The molecule has 0 aliphatic rings. The molecule has 4 heteroatoms. The molecule has 0 amide bonds. The monoisotopic (exact) mass is 224 g/mol. The second kappa shape index (κ2) is 6.53. The molecule has 1 rings (SSSR count). The number of anilines is 1. The van der Waals surface area contributed by atoms with Crippen molar-refractivity contribution in [1.29, 1.82) is 0 Å². The van der Waals surface area contributed by atoms with E-state index in [2.05, 4.69) is 47.5 Å². The molecule has 0 aromatic carbocycles. The van der Waals surface area contributed by atoms with Crippen LogP contribution in [0, 0.1) is 0 Å². The lowest BCUT2D eigenvalue weighted by Gasteiger charge is -2.19. The summed E-state index contributed by atoms with van der Waals surface area (Å²) in [5.41, 5.74) is 0. The molecule has 0 spiro atoms. The van der Waals surface area contributed by atoms with Crippen LogP contribution in [-0.2, 0) is 6.54 Å². The van der Waals surface area contributed by atoms with Gasteiger partial charge in [-0.15, -0.1) is 0 Å². The van der Waals surface area contributed by atoms with Crippen LogP contribution in [-0.4, -0.2) is 40.1 Å². The fourth-order valence-corrected chi connectivity index (χ4v) is 1.68. The Morgan fingerprint density at radius 3 is 2.62 bits per heavy atom. The predicted octanol–water partition coefficient (Wildman–Crippen LogP) is 2.05. The van der Waals surface area contributed by atoms with Crippen molar-refractivity contribution in [3.63, 3.8) is 0 Å². The number of nitrogens with one attached hydrogen (secondary N) is 1. The topological polar surface area (TPSA) is 33.1 Å². The van der Waals surface area contributed by atoms with Gasteiger partial charge in [-0.3, -0.25) is 0 Å². The minimum absolute atomic E-state index is 0.426. The molecule has 0 aliphatic heterocycles. The Morgan fingerprint density at radius 1 is 1.38 bits per heavy atom. The van der Waals surface area contributed by atoms with Gasteiger partial charge in [-0.2, -0.15) is 0 Å². The maximum Gasteiger partial charge on any atom is 0.203 e. The molecule has 0 radical (unpaired) electrons. The van der Waals surface area contributed by atoms with E-state index in [9.17, 15) is 0 Å². The molecule has 16 heavy (non-hydrogen) atoms. The van der Waals surface area contributed by atoms with Crippen molar-refractivity contribution < 1.29 is 0 Å². The van der Waals surface area contributed by atoms with Gasteiger partial charge in [-0.1, -0.05) is 13.8 Å². The van der Waals surface area contributed by atoms with Gasteiger partial charge in [0.25, 0.3) is 0 Å². The lowest BCUT2D eigenvalue weighted by molar-refractivity contribution is 0.291. The van der Waals surface area contributed by atoms with Crippen LogP contribution < -0.4 is 5.32 Å². The summed E-state index contributed by atoms with van der Waals surface area (Å²) in [7, 11) is 0. The maximum absolute atomic E-state index is 4.32. The van der Waals surface area contributed by atoms with Crippen LogP contribution in [0.4, 0.5) is 5.95 Å². The molecule has 1 aromatic heterocycles. The summed E-state index contributed by atoms with van der Waals surface area (Å²) in [5.74, 6) is 0.974. The molecule has 0 fully saturated rings. The van der Waals surface area contributed by atoms with Crippen LogP contribution in [0.5, 0.6) is 0 Å². The number of hydrogen-bond acceptors (Lipinski definition) is 3. The molecule has 0 saturated heterocycles. The number of hydrogen-bond donors (Lipinski definition) is 1. The minimum Gasteiger partial charge on any atom is -0.353 e. The highest BCUT2D eigenvalue weighted by molar-refractivity contribution is 5.26. The predicted molar refractivity (Wildman–Crippen MR) is 68.8 cm³/mol. The average molecular weight is 224 g/mol. The Morgan fingerprint density at radius 2 is 2.06 bits per heavy atom. The summed E-state index contributed by atoms with van der Waals surface area (Å²) >= 11 is 0. The zero-order valence-electron chi connectivity index (χ0n) is 10.9. The molecule has 0 saturated carbocycles. The molecule has 0 atom stereocenters. The van der Waals surface area contributed by atoms with E-state index < -0.39 is 0 Å². The Bertz CT molecular complexity index is 289. The van der Waals surface area contributed by atoms with E-state index in [1.807, 2.05) is 12.4 Å². The molecule has 92 valence electrons. The number of likely N-dealkylation sites (N-methyl/N-ethyl adjacent to an activating group) is 1. The number of rotatable bonds is 7. The molecule has 1 N–H and O–H groups in total. The first-order valence-electron chi connectivity index (χ1n) is 6.17. The molecule has 0 unspecified atom stereocenters. The van der Waals surface area contributed by atoms with E-state index in [0.29, 0.717) is 6.04 Å². The van der Waals surface area contributed by atoms with Crippen molar-refractivity contribution in [2.45, 2.75) is 40.3 Å². The third kappa shape index (κ3) is 3.85. The van der Waals surface area contributed by atoms with E-state index in [1.165, 1.54) is 0 Å². The smallest absolute Gasteiger partial charge is 0.203 e. The number of nitrogens with zero attached hydrogens (tertiary/aromatic N) is 3. The Labute approximate surface area is 98.7 Å². The van der Waals surface area contributed by atoms with Gasteiger partial charge in [0.15, 0.2) is 0 Å². The summed E-state index contributed by atoms with van der Waals surface area (Å²) in [4.78, 5) is 6.74. The van der Waals surface area contributed by atoms with Gasteiger partial charge in [-0.05, 0) is 26.9 Å². The Balaban J connectivity index is 2.50. The maximum atomic E-state index is 4.32. The van der Waals surface area contributed by atoms with Gasteiger partial charge in [0, 0.05) is 31.5 Å². The third-order valence-electron chi connectivity index (χ3n) is 2.68. The first-order valence-corrected chi connectivity index (χ1v) is 6.17. The van der Waals surface area contributed by atoms with Crippen LogP contribution in [0.1, 0.15) is 27.7 Å². The molecular weight excluding hydrogens is 200 g/mol. The average Bonchev–Trinajstić information content (AvgIpc) is 2.66. The SMILES string of the molecule is CCN(CC)CCn1ccnc1NC(C)C. The second-order valence-electron chi connectivity index (χ2n) is 4.27. The first-order chi connectivity index (χ1) is 7.67. The number of imidazole rings is 1. The van der Waals surface area contributed by atoms with Crippen molar-refractivity contribution in [3.05, 3.63) is 12.4 Å². The molecule has 1 aromatic rings. The molecule has 4 nitrogen and oxygen atoms in total. The summed E-state index contributed by atoms with van der Waals surface area (Å²) < 4.78 is 2.18. The van der Waals surface area contributed by atoms with E-state index >= 15 is 0 Å². The normalized spacial score (nSPS) is 11.4. The third-order valence-corrected chi connectivity index (χ3v) is 2.68. The molecule has 0 bridgehead atoms. The lowest BCUT2D eigenvalue weighted by atomic mass is 10.4. The van der Waals surface area contributed by atoms with Crippen LogP contribution in [0.25, 0.3) is 0 Å². The highest BCUT2D eigenvalue weighted by Crippen LogP contribution is 2.06. The summed E-state index contributed by atoms with van der Waals surface area (Å²) in [5, 5.41) is 3.35. The Kier molecular flexibility index (Phi) is 5.32. The van der Waals surface area contributed by atoms with Gasteiger partial charge in [0.2, 0.25) is 5.95 Å². The van der Waals surface area contributed by atoms with Gasteiger partial charge in [-0.25, -0.2) is 4.98 Å². The highest BCUT2D eigenvalue weighted by Gasteiger charge is 2.05. The first kappa shape index (κ1) is 13.0. The van der Waals surface area contributed by atoms with E-state index in [4.69, 9.17) is 0 Å². The standard InChI is InChI=1S/C12H24N4/c1-5-15(6-2)9-10-16-8-7-13-12(16)14-11(3)4/h7-8,11H,5-6,9-10H2,1-4H3,(H,13,14). The summed E-state index contributed by atoms with van der Waals surface area (Å²) in [6, 6.07) is 0.426. The molecule has 0 aliphatic carbocycles. The fraction of sp³-hybridized carbons (Fsp3) is 0.750. The molecule has 1 heterocycles. The van der Waals surface area contributed by atoms with Gasteiger partial charge in [0.05, 0.1) is 0 Å². The highest BCUT2D eigenvalue weighted by atomic mass is 15.2. The lowest BCUT2D eigenvalue weighted by Crippen LogP contribution is -2.27. The zero-order chi connectivity index (χ0) is 12.0. The Hall–Kier alpha value is -1.03. The summed E-state index contributed by atoms with van der Waals surface area (Å²) in [6.07, 6.45) is 3.89. The van der Waals surface area contributed by atoms with E-state index in [-0.39, 0.29) is 0 Å². The van der Waals surface area contributed by atoms with Crippen molar-refractivity contribution in [2.75, 3.05) is 25.0 Å². The van der Waals surface area contributed by atoms with Crippen molar-refractivity contribution >= 4 is 5.95 Å². The van der Waals surface area contributed by atoms with Crippen LogP contribution >= 0.6 is 0 Å². The quantitative estimate of drug-likeness (QED) is 0.769. The van der Waals surface area contributed by atoms with Crippen LogP contribution in [0.2, 0.25) is 0 Å². The van der Waals surface area contributed by atoms with E-state index in [1.54, 1.807) is 0 Å². The van der Waals surface area contributed by atoms with Gasteiger partial charge in [0.1, 0.15) is 0 Å². The zero-order valence-corrected chi connectivity index (χ0v) is 10.9. The van der Waals surface area contributed by atoms with Crippen molar-refractivity contribution in [3.8, 4) is 0 Å². The minimum atomic E-state index is 0.426. The van der Waals surface area contributed by atoms with Crippen LogP contribution in [0.3, 0.4) is 0 Å². The molecular formula is C12H24N4. The van der Waals surface area contributed by atoms with Crippen molar-refractivity contribution in [1.82, 2.24) is 14.5 Å². The van der Waals surface area contributed by atoms with Gasteiger partial charge >= 0.3 is 0 Å².